The number of hydrogen-bond acceptors (Lipinski definition) is 7. The minimum absolute atomic E-state index is 0.132. The summed E-state index contributed by atoms with van der Waals surface area (Å²) in [4.78, 5) is 26.4. The van der Waals surface area contributed by atoms with Gasteiger partial charge < -0.3 is 10.3 Å². The molecule has 9 heteroatoms. The summed E-state index contributed by atoms with van der Waals surface area (Å²) < 4.78 is 4.27. The van der Waals surface area contributed by atoms with E-state index in [2.05, 4.69) is 15.1 Å². The highest BCUT2D eigenvalue weighted by Gasteiger charge is 2.19. The van der Waals surface area contributed by atoms with Crippen LogP contribution in [0.5, 0.6) is 0 Å². The molecular formula is C19H17N7OS. The molecular weight excluding hydrogens is 374 g/mol. The van der Waals surface area contributed by atoms with Crippen molar-refractivity contribution >= 4 is 44.1 Å². The van der Waals surface area contributed by atoms with Crippen LogP contribution < -0.4 is 11.3 Å². The first-order valence-corrected chi connectivity index (χ1v) is 9.67. The van der Waals surface area contributed by atoms with Crippen molar-refractivity contribution < 1.29 is 0 Å². The molecule has 0 saturated carbocycles. The second-order valence-electron chi connectivity index (χ2n) is 6.65. The third-order valence-corrected chi connectivity index (χ3v) is 5.83. The summed E-state index contributed by atoms with van der Waals surface area (Å²) >= 11 is 1.56. The fourth-order valence-corrected chi connectivity index (χ4v) is 4.56. The molecule has 28 heavy (non-hydrogen) atoms. The molecule has 1 aliphatic heterocycles. The first-order valence-electron chi connectivity index (χ1n) is 8.85. The molecule has 0 unspecified atom stereocenters. The first kappa shape index (κ1) is 16.8. The lowest BCUT2D eigenvalue weighted by Crippen LogP contribution is -2.26. The summed E-state index contributed by atoms with van der Waals surface area (Å²) in [6, 6.07) is 5.58. The highest BCUT2D eigenvalue weighted by Crippen LogP contribution is 2.31. The topological polar surface area (TPSA) is 104 Å². The van der Waals surface area contributed by atoms with Crippen LogP contribution in [0.1, 0.15) is 10.7 Å². The summed E-state index contributed by atoms with van der Waals surface area (Å²) in [6.45, 7) is 1.05. The van der Waals surface area contributed by atoms with Crippen molar-refractivity contribution in [3.63, 3.8) is 0 Å². The Morgan fingerprint density at radius 2 is 2.18 bits per heavy atom. The van der Waals surface area contributed by atoms with Gasteiger partial charge in [0.25, 0.3) is 5.56 Å². The Balaban J connectivity index is 1.57. The van der Waals surface area contributed by atoms with Gasteiger partial charge in [0.1, 0.15) is 16.3 Å². The van der Waals surface area contributed by atoms with Gasteiger partial charge in [0.15, 0.2) is 5.65 Å². The maximum Gasteiger partial charge on any atom is 0.291 e. The van der Waals surface area contributed by atoms with E-state index in [1.54, 1.807) is 23.6 Å². The molecule has 5 heterocycles. The van der Waals surface area contributed by atoms with E-state index >= 15 is 0 Å². The highest BCUT2D eigenvalue weighted by atomic mass is 32.1. The van der Waals surface area contributed by atoms with Crippen LogP contribution in [0.3, 0.4) is 0 Å². The summed E-state index contributed by atoms with van der Waals surface area (Å²) in [5.41, 5.74) is 8.76. The molecule has 140 valence electrons. The fraction of sp³-hybridized carbons (Fsp3) is 0.211. The first-order chi connectivity index (χ1) is 13.6. The number of nitrogens with two attached hydrogens (primary N) is 1. The third-order valence-electron chi connectivity index (χ3n) is 4.75. The number of aryl methyl sites for hydroxylation is 1. The van der Waals surface area contributed by atoms with Crippen LogP contribution in [0.15, 0.2) is 46.3 Å². The van der Waals surface area contributed by atoms with E-state index < -0.39 is 0 Å². The number of fused-ring (bicyclic) bond motifs is 3. The average Bonchev–Trinajstić information content (AvgIpc) is 3.37. The van der Waals surface area contributed by atoms with Crippen LogP contribution in [0.25, 0.3) is 21.3 Å². The van der Waals surface area contributed by atoms with E-state index in [1.807, 2.05) is 35.9 Å². The van der Waals surface area contributed by atoms with Gasteiger partial charge in [0.05, 0.1) is 29.7 Å². The van der Waals surface area contributed by atoms with E-state index in [9.17, 15) is 4.79 Å². The summed E-state index contributed by atoms with van der Waals surface area (Å²) in [5, 5.41) is 6.12. The van der Waals surface area contributed by atoms with Gasteiger partial charge in [-0.05, 0) is 18.2 Å². The standard InChI is InChI=1S/C19H17N7OS/c1-25-16-13(9-22-26(19(16)27)10-12-5-3-7-21-12)17-18(25)24-15(28-17)8-11-4-2-6-14(20)23-11/h2-6,9H,7-8,10H2,1H3,(H2,20,23). The summed E-state index contributed by atoms with van der Waals surface area (Å²) in [6.07, 6.45) is 6.25. The number of aliphatic imine (C=N–C) groups is 1. The van der Waals surface area contributed by atoms with Crippen LogP contribution in [0.2, 0.25) is 0 Å². The number of rotatable bonds is 4. The number of nitrogens with zero attached hydrogens (tertiary/aromatic N) is 6. The van der Waals surface area contributed by atoms with Crippen molar-refractivity contribution in [3.05, 3.63) is 57.6 Å². The predicted octanol–water partition coefficient (Wildman–Crippen LogP) is 1.92. The number of anilines is 1. The SMILES string of the molecule is Cn1c2nc(Cc3cccc(N)n3)sc2c2cnn(CC3=NCC=C3)c(=O)c21. The number of hydrogen-bond donors (Lipinski definition) is 1. The minimum atomic E-state index is -0.132. The zero-order valence-electron chi connectivity index (χ0n) is 15.2. The lowest BCUT2D eigenvalue weighted by atomic mass is 10.3. The van der Waals surface area contributed by atoms with E-state index in [0.29, 0.717) is 30.8 Å². The molecule has 1 aliphatic rings. The molecule has 0 aliphatic carbocycles. The Morgan fingerprint density at radius 3 is 2.96 bits per heavy atom. The quantitative estimate of drug-likeness (QED) is 0.572. The molecule has 4 aromatic rings. The second kappa shape index (κ2) is 6.38. The Labute approximate surface area is 163 Å². The molecule has 0 amide bonds. The number of aromatic nitrogens is 5. The normalized spacial score (nSPS) is 13.7. The average molecular weight is 391 g/mol. The van der Waals surface area contributed by atoms with Crippen LogP contribution in [-0.2, 0) is 20.0 Å². The highest BCUT2D eigenvalue weighted by molar-refractivity contribution is 7.19. The zero-order valence-corrected chi connectivity index (χ0v) is 16.0. The Morgan fingerprint density at radius 1 is 1.29 bits per heavy atom. The molecule has 0 atom stereocenters. The van der Waals surface area contributed by atoms with E-state index in [1.165, 1.54) is 4.68 Å². The maximum atomic E-state index is 13.0. The van der Waals surface area contributed by atoms with Crippen LogP contribution in [0.4, 0.5) is 5.82 Å². The molecule has 0 radical (unpaired) electrons. The monoisotopic (exact) mass is 391 g/mol. The van der Waals surface area contributed by atoms with Gasteiger partial charge in [-0.2, -0.15) is 5.10 Å². The number of nitrogen functional groups attached to an aromatic ring is 1. The van der Waals surface area contributed by atoms with Gasteiger partial charge in [-0.1, -0.05) is 12.1 Å². The number of pyridine rings is 1. The third kappa shape index (κ3) is 2.71. The van der Waals surface area contributed by atoms with Gasteiger partial charge in [0.2, 0.25) is 0 Å². The van der Waals surface area contributed by atoms with Gasteiger partial charge in [-0.25, -0.2) is 14.6 Å². The molecule has 0 bridgehead atoms. The smallest absolute Gasteiger partial charge is 0.291 e. The van der Waals surface area contributed by atoms with Crippen molar-refractivity contribution in [1.82, 2.24) is 24.3 Å². The van der Waals surface area contributed by atoms with E-state index in [4.69, 9.17) is 10.7 Å². The fourth-order valence-electron chi connectivity index (χ4n) is 3.44. The second-order valence-corrected chi connectivity index (χ2v) is 7.74. The van der Waals surface area contributed by atoms with Gasteiger partial charge in [-0.3, -0.25) is 9.79 Å². The maximum absolute atomic E-state index is 13.0. The molecule has 8 nitrogen and oxygen atoms in total. The molecule has 4 aromatic heterocycles. The Bertz CT molecular complexity index is 1340. The van der Waals surface area contributed by atoms with Crippen molar-refractivity contribution in [1.29, 1.82) is 0 Å². The summed E-state index contributed by atoms with van der Waals surface area (Å²) in [7, 11) is 1.87. The van der Waals surface area contributed by atoms with Gasteiger partial charge in [-0.15, -0.1) is 11.3 Å². The Kier molecular flexibility index (Phi) is 3.83. The lowest BCUT2D eigenvalue weighted by Gasteiger charge is -2.04. The van der Waals surface area contributed by atoms with Gasteiger partial charge in [0, 0.05) is 24.5 Å². The van der Waals surface area contributed by atoms with Crippen molar-refractivity contribution in [3.8, 4) is 0 Å². The van der Waals surface area contributed by atoms with Crippen LogP contribution in [0, 0.1) is 0 Å². The van der Waals surface area contributed by atoms with E-state index in [0.717, 1.165) is 32.1 Å². The van der Waals surface area contributed by atoms with Crippen LogP contribution in [-0.4, -0.2) is 36.6 Å². The minimum Gasteiger partial charge on any atom is -0.384 e. The molecule has 0 saturated heterocycles. The van der Waals surface area contributed by atoms with Crippen molar-refractivity contribution in [2.75, 3.05) is 12.3 Å². The molecule has 5 rings (SSSR count). The van der Waals surface area contributed by atoms with E-state index in [-0.39, 0.29) is 5.56 Å². The number of thiazole rings is 1. The van der Waals surface area contributed by atoms with Crippen molar-refractivity contribution in [2.24, 2.45) is 12.0 Å². The molecule has 0 spiro atoms. The Hall–Kier alpha value is -3.33. The summed E-state index contributed by atoms with van der Waals surface area (Å²) in [5.74, 6) is 0.496. The predicted molar refractivity (Wildman–Crippen MR) is 111 cm³/mol. The van der Waals surface area contributed by atoms with Gasteiger partial charge >= 0.3 is 0 Å². The molecule has 0 aromatic carbocycles. The molecule has 2 N–H and O–H groups in total. The van der Waals surface area contributed by atoms with Crippen molar-refractivity contribution in [2.45, 2.75) is 13.0 Å². The zero-order chi connectivity index (χ0) is 19.3. The molecule has 0 fully saturated rings. The largest absolute Gasteiger partial charge is 0.384 e. The number of allylic oxidation sites excluding steroid dienone is 1. The lowest BCUT2D eigenvalue weighted by molar-refractivity contribution is 0.677. The van der Waals surface area contributed by atoms with Crippen LogP contribution >= 0.6 is 11.3 Å².